The topological polar surface area (TPSA) is 57.5 Å². The molecule has 0 aliphatic carbocycles. The van der Waals surface area contributed by atoms with Crippen LogP contribution in [0.2, 0.25) is 0 Å². The van der Waals surface area contributed by atoms with Crippen molar-refractivity contribution in [2.24, 2.45) is 0 Å². The molecule has 0 atom stereocenters. The Kier molecular flexibility index (Phi) is 51.2. The summed E-state index contributed by atoms with van der Waals surface area (Å²) >= 11 is 0. The summed E-state index contributed by atoms with van der Waals surface area (Å²) in [5.41, 5.74) is 0. The zero-order valence-corrected chi connectivity index (χ0v) is 9.86. The van der Waals surface area contributed by atoms with Crippen molar-refractivity contribution in [2.45, 2.75) is 0 Å². The molecule has 0 spiro atoms. The first kappa shape index (κ1) is 22.7. The summed E-state index contributed by atoms with van der Waals surface area (Å²) in [6.45, 7) is 0. The molecule has 0 saturated heterocycles. The Labute approximate surface area is 115 Å². The molecule has 0 amide bonds. The summed E-state index contributed by atoms with van der Waals surface area (Å²) in [4.78, 5) is 14.3. The van der Waals surface area contributed by atoms with Crippen LogP contribution in [0.3, 0.4) is 0 Å². The van der Waals surface area contributed by atoms with Gasteiger partial charge >= 0.3 is 84.6 Å². The van der Waals surface area contributed by atoms with E-state index >= 15 is 0 Å². The van der Waals surface area contributed by atoms with E-state index in [0.717, 1.165) is 0 Å². The third-order valence-corrected chi connectivity index (χ3v) is 0. The second-order valence-electron chi connectivity index (χ2n) is 0.283. The molecule has 0 heterocycles. The quantitative estimate of drug-likeness (QED) is 0.466. The first-order valence-electron chi connectivity index (χ1n) is 0.651. The molecule has 40 valence electrons. The summed E-state index contributed by atoms with van der Waals surface area (Å²) in [6, 6.07) is 0. The molecule has 0 aromatic rings. The Bertz CT molecular complexity index is 46.3. The normalized spacial score (nSPS) is 3.43. The zero-order chi connectivity index (χ0) is 3.58. The summed E-state index contributed by atoms with van der Waals surface area (Å²) in [6.07, 6.45) is 0. The maximum atomic E-state index is 8.74. The molecule has 0 unspecified atom stereocenters. The molecule has 3 nitrogen and oxygen atoms in total. The molecular formula is H7Ca2ClO3Si. The second-order valence-corrected chi connectivity index (χ2v) is 0.848. The molecule has 0 aromatic heterocycles. The van der Waals surface area contributed by atoms with E-state index < -0.39 is 9.17 Å². The van der Waals surface area contributed by atoms with Crippen molar-refractivity contribution >= 4 is 97.1 Å². The van der Waals surface area contributed by atoms with E-state index in [1.165, 1.54) is 0 Å². The minimum absolute atomic E-state index is 0. The van der Waals surface area contributed by atoms with Crippen LogP contribution in [0.15, 0.2) is 0 Å². The van der Waals surface area contributed by atoms with Crippen molar-refractivity contribution < 1.29 is 19.8 Å². The second kappa shape index (κ2) is 15.8. The minimum Gasteiger partial charge on any atom is -1.00 e. The van der Waals surface area contributed by atoms with Crippen LogP contribution in [-0.2, 0) is 4.46 Å². The molecule has 7 heavy (non-hydrogen) atoms. The minimum atomic E-state index is -3.13. The molecule has 0 bridgehead atoms. The number of hydrogen-bond donors (Lipinski definition) is 2. The van der Waals surface area contributed by atoms with Gasteiger partial charge in [0.15, 0.2) is 0 Å². The Morgan fingerprint density at radius 1 is 1.29 bits per heavy atom. The predicted molar refractivity (Wildman–Crippen MR) is 34.1 cm³/mol. The molecule has 0 aliphatic rings. The van der Waals surface area contributed by atoms with E-state index in [1.807, 2.05) is 0 Å². The largest absolute Gasteiger partial charge is 2.00 e. The standard InChI is InChI=1S/2Ca.ClH.H2O3Si.4H/c;;;1-4(2)3;;;;/h;;1H;1-2H;;;;/q2*+2;;;4*-1. The first-order valence-corrected chi connectivity index (χ1v) is 1.95. The van der Waals surface area contributed by atoms with E-state index in [-0.39, 0.29) is 93.6 Å². The van der Waals surface area contributed by atoms with Crippen molar-refractivity contribution in [1.29, 1.82) is 0 Å². The van der Waals surface area contributed by atoms with Crippen molar-refractivity contribution in [2.75, 3.05) is 0 Å². The maximum absolute atomic E-state index is 8.74. The summed E-state index contributed by atoms with van der Waals surface area (Å²) in [7, 11) is -3.13. The van der Waals surface area contributed by atoms with Crippen LogP contribution < -0.4 is 0 Å². The van der Waals surface area contributed by atoms with Gasteiger partial charge in [-0.15, -0.1) is 12.4 Å². The molecule has 0 aromatic carbocycles. The van der Waals surface area contributed by atoms with Gasteiger partial charge < -0.3 is 15.3 Å². The third-order valence-electron chi connectivity index (χ3n) is 0. The SMILES string of the molecule is Cl.O=[Si](O)O.[Ca+2].[Ca+2].[H-].[H-].[H-].[H-]. The van der Waals surface area contributed by atoms with Gasteiger partial charge in [-0.05, 0) is 0 Å². The third kappa shape index (κ3) is 59.1. The van der Waals surface area contributed by atoms with E-state index in [0.29, 0.717) is 0 Å². The van der Waals surface area contributed by atoms with Crippen LogP contribution in [0.5, 0.6) is 0 Å². The maximum Gasteiger partial charge on any atom is 2.00 e. The van der Waals surface area contributed by atoms with Crippen molar-refractivity contribution in [3.63, 3.8) is 0 Å². The summed E-state index contributed by atoms with van der Waals surface area (Å²) in [5.74, 6) is 0. The van der Waals surface area contributed by atoms with Crippen LogP contribution in [-0.4, -0.2) is 94.2 Å². The molecule has 0 aliphatic heterocycles. The van der Waals surface area contributed by atoms with Gasteiger partial charge in [0.2, 0.25) is 0 Å². The molecule has 0 fully saturated rings. The number of hydrogen-bond acceptors (Lipinski definition) is 1. The first-order chi connectivity index (χ1) is 1.73. The average Bonchev–Trinajstić information content (AvgIpc) is 0.811. The van der Waals surface area contributed by atoms with Crippen LogP contribution in [0.25, 0.3) is 0 Å². The molecular weight excluding hydrogens is 192 g/mol. The molecule has 0 saturated carbocycles. The van der Waals surface area contributed by atoms with Crippen LogP contribution in [0.4, 0.5) is 0 Å². The van der Waals surface area contributed by atoms with Gasteiger partial charge in [0.25, 0.3) is 0 Å². The van der Waals surface area contributed by atoms with Crippen molar-refractivity contribution in [3.8, 4) is 0 Å². The Morgan fingerprint density at radius 2 is 1.29 bits per heavy atom. The van der Waals surface area contributed by atoms with Crippen LogP contribution in [0, 0.1) is 0 Å². The smallest absolute Gasteiger partial charge is 1.00 e. The summed E-state index contributed by atoms with van der Waals surface area (Å²) < 4.78 is 8.74. The number of halogens is 1. The monoisotopic (exact) mass is 198 g/mol. The van der Waals surface area contributed by atoms with Gasteiger partial charge in [-0.2, -0.15) is 0 Å². The Balaban J connectivity index is -0.00000000214. The fourth-order valence-corrected chi connectivity index (χ4v) is 0. The van der Waals surface area contributed by atoms with Crippen molar-refractivity contribution in [1.82, 2.24) is 0 Å². The van der Waals surface area contributed by atoms with Crippen LogP contribution >= 0.6 is 12.4 Å². The fraction of sp³-hybridized carbons (Fsp3) is 0. The van der Waals surface area contributed by atoms with Gasteiger partial charge in [0, 0.05) is 0 Å². The predicted octanol–water partition coefficient (Wildman–Crippen LogP) is -1.50. The Morgan fingerprint density at radius 3 is 1.29 bits per heavy atom. The zero-order valence-electron chi connectivity index (χ0n) is 7.63. The van der Waals surface area contributed by atoms with E-state index in [1.54, 1.807) is 0 Å². The van der Waals surface area contributed by atoms with E-state index in [9.17, 15) is 0 Å². The van der Waals surface area contributed by atoms with Gasteiger partial charge in [-0.3, -0.25) is 4.46 Å². The van der Waals surface area contributed by atoms with Gasteiger partial charge in [0.05, 0.1) is 0 Å². The van der Waals surface area contributed by atoms with Gasteiger partial charge in [0.1, 0.15) is 0 Å². The fourth-order valence-electron chi connectivity index (χ4n) is 0. The van der Waals surface area contributed by atoms with Gasteiger partial charge in [-0.1, -0.05) is 0 Å². The molecule has 0 radical (unpaired) electrons. The molecule has 0 rings (SSSR count). The van der Waals surface area contributed by atoms with E-state index in [4.69, 9.17) is 14.1 Å². The van der Waals surface area contributed by atoms with Crippen LogP contribution in [0.1, 0.15) is 5.71 Å². The Hall–Kier alpha value is 2.43. The van der Waals surface area contributed by atoms with Crippen molar-refractivity contribution in [3.05, 3.63) is 0 Å². The number of rotatable bonds is 0. The van der Waals surface area contributed by atoms with Gasteiger partial charge in [-0.25, -0.2) is 0 Å². The summed E-state index contributed by atoms with van der Waals surface area (Å²) in [5, 5.41) is 0. The van der Waals surface area contributed by atoms with E-state index in [2.05, 4.69) is 0 Å². The average molecular weight is 199 g/mol. The molecule has 7 heteroatoms. The molecule has 2 N–H and O–H groups in total.